The number of hydrogen-bond acceptors (Lipinski definition) is 6. The monoisotopic (exact) mass is 632 g/mol. The number of benzene rings is 4. The van der Waals surface area contributed by atoms with E-state index in [1.54, 1.807) is 67.6 Å². The summed E-state index contributed by atoms with van der Waals surface area (Å²) in [5.74, 6) is -6.40. The molecule has 0 spiro atoms. The van der Waals surface area contributed by atoms with Gasteiger partial charge in [-0.25, -0.2) is 13.6 Å². The minimum absolute atomic E-state index is 0.0585. The third-order valence-corrected chi connectivity index (χ3v) is 7.46. The number of rotatable bonds is 11. The maximum absolute atomic E-state index is 13.8. The number of aromatic nitrogens is 1. The molecule has 0 amide bonds. The molecule has 0 unspecified atom stereocenters. The SMILES string of the molecule is CCn1c2ccc(C(=O)/C(=N/OC(C)=O)c3ccccc3C)cc2c2cc(C(=O)c3ccccc3OCC(F)(F)C(F)F)ccc21. The van der Waals surface area contributed by atoms with E-state index >= 15 is 0 Å². The fourth-order valence-corrected chi connectivity index (χ4v) is 5.20. The van der Waals surface area contributed by atoms with E-state index in [4.69, 9.17) is 9.57 Å². The number of ether oxygens (including phenoxy) is 1. The van der Waals surface area contributed by atoms with E-state index < -0.39 is 36.5 Å². The molecule has 7 nitrogen and oxygen atoms in total. The molecule has 5 aromatic rings. The van der Waals surface area contributed by atoms with Crippen LogP contribution in [0.5, 0.6) is 5.75 Å². The molecule has 0 atom stereocenters. The Kier molecular flexibility index (Phi) is 9.04. The molecule has 0 bridgehead atoms. The number of carbonyl (C=O) groups excluding carboxylic acids is 3. The van der Waals surface area contributed by atoms with Crippen molar-refractivity contribution < 1.29 is 41.5 Å². The summed E-state index contributed by atoms with van der Waals surface area (Å²) in [6.45, 7) is 3.90. The molecular weight excluding hydrogens is 604 g/mol. The van der Waals surface area contributed by atoms with Crippen molar-refractivity contribution in [3.63, 3.8) is 0 Å². The molecule has 0 N–H and O–H groups in total. The van der Waals surface area contributed by atoms with Crippen molar-refractivity contribution in [1.82, 2.24) is 4.57 Å². The van der Waals surface area contributed by atoms with Gasteiger partial charge in [0, 0.05) is 52.0 Å². The lowest BCUT2D eigenvalue weighted by Gasteiger charge is -2.17. The molecular formula is C35H28F4N2O5. The highest BCUT2D eigenvalue weighted by Gasteiger charge is 2.42. The normalized spacial score (nSPS) is 12.1. The van der Waals surface area contributed by atoms with E-state index in [1.165, 1.54) is 31.2 Å². The van der Waals surface area contributed by atoms with Crippen LogP contribution < -0.4 is 4.74 Å². The van der Waals surface area contributed by atoms with Gasteiger partial charge in [0.25, 0.3) is 0 Å². The second kappa shape index (κ2) is 13.0. The van der Waals surface area contributed by atoms with Gasteiger partial charge in [0.15, 0.2) is 18.1 Å². The van der Waals surface area contributed by atoms with Crippen molar-refractivity contribution in [1.29, 1.82) is 0 Å². The molecule has 4 aromatic carbocycles. The summed E-state index contributed by atoms with van der Waals surface area (Å²) >= 11 is 0. The van der Waals surface area contributed by atoms with Crippen LogP contribution >= 0.6 is 0 Å². The zero-order chi connectivity index (χ0) is 33.2. The average Bonchev–Trinajstić information content (AvgIpc) is 3.36. The largest absolute Gasteiger partial charge is 0.486 e. The van der Waals surface area contributed by atoms with Crippen molar-refractivity contribution in [2.75, 3.05) is 6.61 Å². The lowest BCUT2D eigenvalue weighted by molar-refractivity contribution is -0.148. The second-order valence-electron chi connectivity index (χ2n) is 10.6. The van der Waals surface area contributed by atoms with Crippen LogP contribution in [0.25, 0.3) is 21.8 Å². The fourth-order valence-electron chi connectivity index (χ4n) is 5.20. The van der Waals surface area contributed by atoms with Gasteiger partial charge in [-0.3, -0.25) is 9.59 Å². The summed E-state index contributed by atoms with van der Waals surface area (Å²) in [6.07, 6.45) is -3.92. The Morgan fingerprint density at radius 3 is 2.04 bits per heavy atom. The van der Waals surface area contributed by atoms with Crippen LogP contribution in [0, 0.1) is 6.92 Å². The number of alkyl halides is 4. The third-order valence-electron chi connectivity index (χ3n) is 7.46. The minimum atomic E-state index is -4.39. The van der Waals surface area contributed by atoms with Gasteiger partial charge in [0.1, 0.15) is 5.75 Å². The lowest BCUT2D eigenvalue weighted by Crippen LogP contribution is -2.34. The predicted molar refractivity (Wildman–Crippen MR) is 165 cm³/mol. The Hall–Kier alpha value is -5.32. The first kappa shape index (κ1) is 32.1. The van der Waals surface area contributed by atoms with Crippen LogP contribution in [0.3, 0.4) is 0 Å². The number of nitrogens with zero attached hydrogens (tertiary/aromatic N) is 2. The maximum Gasteiger partial charge on any atom is 0.340 e. The Balaban J connectivity index is 1.58. The number of carbonyl (C=O) groups is 3. The number of para-hydroxylation sites is 1. The van der Waals surface area contributed by atoms with Crippen LogP contribution in [-0.4, -0.2) is 46.8 Å². The minimum Gasteiger partial charge on any atom is -0.486 e. The lowest BCUT2D eigenvalue weighted by atomic mass is 9.96. The van der Waals surface area contributed by atoms with E-state index in [2.05, 4.69) is 5.16 Å². The maximum atomic E-state index is 13.8. The smallest absolute Gasteiger partial charge is 0.340 e. The van der Waals surface area contributed by atoms with E-state index in [0.717, 1.165) is 16.6 Å². The molecule has 5 rings (SSSR count). The van der Waals surface area contributed by atoms with Crippen molar-refractivity contribution in [2.24, 2.45) is 5.16 Å². The van der Waals surface area contributed by atoms with Crippen LogP contribution in [0.4, 0.5) is 17.6 Å². The molecule has 0 aliphatic carbocycles. The fraction of sp³-hybridized carbons (Fsp3) is 0.200. The molecule has 46 heavy (non-hydrogen) atoms. The van der Waals surface area contributed by atoms with Gasteiger partial charge in [0.2, 0.25) is 5.78 Å². The average molecular weight is 633 g/mol. The summed E-state index contributed by atoms with van der Waals surface area (Å²) in [4.78, 5) is 43.9. The molecule has 0 radical (unpaired) electrons. The third kappa shape index (κ3) is 6.26. The van der Waals surface area contributed by atoms with Gasteiger partial charge >= 0.3 is 18.3 Å². The number of Topliss-reactive ketones (excluding diaryl/α,β-unsaturated/α-hetero) is 1. The topological polar surface area (TPSA) is 87.0 Å². The summed E-state index contributed by atoms with van der Waals surface area (Å²) in [5.41, 5.74) is 3.10. The molecule has 11 heteroatoms. The van der Waals surface area contributed by atoms with E-state index in [0.29, 0.717) is 22.9 Å². The first-order valence-corrected chi connectivity index (χ1v) is 14.3. The summed E-state index contributed by atoms with van der Waals surface area (Å²) in [5, 5.41) is 5.16. The second-order valence-corrected chi connectivity index (χ2v) is 10.6. The highest BCUT2D eigenvalue weighted by molar-refractivity contribution is 6.51. The zero-order valence-electron chi connectivity index (χ0n) is 25.0. The van der Waals surface area contributed by atoms with E-state index in [9.17, 15) is 31.9 Å². The van der Waals surface area contributed by atoms with Crippen molar-refractivity contribution in [3.05, 3.63) is 113 Å². The molecule has 0 saturated heterocycles. The van der Waals surface area contributed by atoms with Gasteiger partial charge in [-0.2, -0.15) is 8.78 Å². The molecule has 236 valence electrons. The summed E-state index contributed by atoms with van der Waals surface area (Å²) < 4.78 is 59.5. The first-order valence-electron chi connectivity index (χ1n) is 14.3. The van der Waals surface area contributed by atoms with Crippen LogP contribution in [-0.2, 0) is 16.2 Å². The van der Waals surface area contributed by atoms with Gasteiger partial charge in [-0.15, -0.1) is 0 Å². The van der Waals surface area contributed by atoms with Gasteiger partial charge in [-0.1, -0.05) is 41.6 Å². The van der Waals surface area contributed by atoms with Crippen molar-refractivity contribution in [3.8, 4) is 5.75 Å². The number of halogens is 4. The van der Waals surface area contributed by atoms with Gasteiger partial charge in [0.05, 0.1) is 5.56 Å². The molecule has 0 saturated carbocycles. The Bertz CT molecular complexity index is 2020. The molecule has 0 fully saturated rings. The first-order chi connectivity index (χ1) is 21.9. The van der Waals surface area contributed by atoms with Gasteiger partial charge < -0.3 is 14.1 Å². The molecule has 0 aliphatic rings. The Morgan fingerprint density at radius 2 is 1.43 bits per heavy atom. The Morgan fingerprint density at radius 1 is 0.848 bits per heavy atom. The van der Waals surface area contributed by atoms with Crippen LogP contribution in [0.15, 0.2) is 90.1 Å². The standard InChI is InChI=1S/C35H28F4N2O5/c1-4-41-28-15-13-22(32(43)25-11-7-8-12-30(25)45-19-35(38,39)34(36)37)17-26(28)27-18-23(14-16-29(27)41)33(44)31(40-46-21(3)42)24-10-6-5-9-20(24)2/h5-18,34H,4,19H2,1-3H3/b40-31+. The summed E-state index contributed by atoms with van der Waals surface area (Å²) in [7, 11) is 0. The Labute approximate surface area is 261 Å². The molecule has 1 aromatic heterocycles. The van der Waals surface area contributed by atoms with Crippen molar-refractivity contribution >= 4 is 45.1 Å². The molecule has 1 heterocycles. The number of aryl methyl sites for hydroxylation is 2. The van der Waals surface area contributed by atoms with E-state index in [1.807, 2.05) is 11.5 Å². The number of hydrogen-bond donors (Lipinski definition) is 0. The van der Waals surface area contributed by atoms with Crippen molar-refractivity contribution in [2.45, 2.75) is 39.7 Å². The number of oxime groups is 1. The molecule has 0 aliphatic heterocycles. The van der Waals surface area contributed by atoms with Gasteiger partial charge in [-0.05, 0) is 67.9 Å². The van der Waals surface area contributed by atoms with Crippen LogP contribution in [0.2, 0.25) is 0 Å². The quantitative estimate of drug-likeness (QED) is 0.0488. The van der Waals surface area contributed by atoms with Crippen LogP contribution in [0.1, 0.15) is 51.3 Å². The summed E-state index contributed by atoms with van der Waals surface area (Å²) in [6, 6.07) is 22.7. The highest BCUT2D eigenvalue weighted by Crippen LogP contribution is 2.33. The number of ketones is 2. The van der Waals surface area contributed by atoms with E-state index in [-0.39, 0.29) is 28.2 Å². The zero-order valence-corrected chi connectivity index (χ0v) is 25.0. The predicted octanol–water partition coefficient (Wildman–Crippen LogP) is 7.78. The highest BCUT2D eigenvalue weighted by atomic mass is 19.3. The number of fused-ring (bicyclic) bond motifs is 3.